The van der Waals surface area contributed by atoms with Gasteiger partial charge in [-0.05, 0) is 100 Å². The quantitative estimate of drug-likeness (QED) is 0.162. The first-order valence-corrected chi connectivity index (χ1v) is 18.5. The van der Waals surface area contributed by atoms with E-state index in [-0.39, 0.29) is 12.2 Å². The molecule has 0 N–H and O–H groups in total. The van der Waals surface area contributed by atoms with Crippen molar-refractivity contribution < 1.29 is 9.47 Å². The van der Waals surface area contributed by atoms with Gasteiger partial charge in [-0.1, -0.05) is 97.1 Å². The summed E-state index contributed by atoms with van der Waals surface area (Å²) in [6, 6.07) is 47.3. The first kappa shape index (κ1) is 33.1. The molecule has 0 radical (unpaired) electrons. The third-order valence-corrected chi connectivity index (χ3v) is 10.1. The van der Waals surface area contributed by atoms with Gasteiger partial charge in [0.2, 0.25) is 0 Å². The maximum Gasteiger partial charge on any atom is 0.170 e. The van der Waals surface area contributed by atoms with E-state index in [1.165, 1.54) is 0 Å². The summed E-state index contributed by atoms with van der Waals surface area (Å²) in [6.45, 7) is 0. The van der Waals surface area contributed by atoms with Crippen LogP contribution in [0.4, 0.5) is 0 Å². The van der Waals surface area contributed by atoms with Crippen molar-refractivity contribution in [3.8, 4) is 90.2 Å². The number of nitrogens with zero attached hydrogens (tertiary/aromatic N) is 5. The molecule has 7 nitrogen and oxygen atoms in total. The molecule has 266 valence electrons. The summed E-state index contributed by atoms with van der Waals surface area (Å²) in [5.41, 5.74) is 10.9. The molecule has 1 aliphatic heterocycles. The fourth-order valence-electron chi connectivity index (χ4n) is 7.24. The average molecular weight is 724 g/mol. The van der Waals surface area contributed by atoms with Gasteiger partial charge in [0.1, 0.15) is 0 Å². The van der Waals surface area contributed by atoms with Crippen LogP contribution in [0.15, 0.2) is 189 Å². The van der Waals surface area contributed by atoms with Crippen LogP contribution >= 0.6 is 0 Å². The monoisotopic (exact) mass is 723 g/mol. The molecule has 7 heteroatoms. The highest BCUT2D eigenvalue weighted by atomic mass is 16.6. The lowest BCUT2D eigenvalue weighted by molar-refractivity contribution is 0.0769. The van der Waals surface area contributed by atoms with Crippen LogP contribution in [-0.2, 0) is 0 Å². The van der Waals surface area contributed by atoms with Crippen LogP contribution in [0.5, 0.6) is 11.5 Å². The minimum atomic E-state index is -0.256. The second-order valence-corrected chi connectivity index (χ2v) is 13.6. The molecule has 0 saturated heterocycles. The molecular formula is C49H33N5O2. The number of ether oxygens (including phenoxy) is 2. The fraction of sp³-hybridized carbons (Fsp3) is 0.0408. The maximum atomic E-state index is 6.87. The van der Waals surface area contributed by atoms with E-state index in [4.69, 9.17) is 24.4 Å². The molecule has 10 rings (SSSR count). The third kappa shape index (κ3) is 6.41. The van der Waals surface area contributed by atoms with Gasteiger partial charge < -0.3 is 9.47 Å². The van der Waals surface area contributed by atoms with E-state index in [0.29, 0.717) is 29.0 Å². The Balaban J connectivity index is 1.08. The molecule has 0 fully saturated rings. The van der Waals surface area contributed by atoms with Crippen LogP contribution in [0.2, 0.25) is 0 Å². The molecule has 2 aliphatic rings. The number of benzene rings is 5. The van der Waals surface area contributed by atoms with Crippen molar-refractivity contribution in [3.05, 3.63) is 189 Å². The van der Waals surface area contributed by atoms with Gasteiger partial charge in [0, 0.05) is 52.6 Å². The first-order valence-electron chi connectivity index (χ1n) is 18.5. The Labute approximate surface area is 324 Å². The average Bonchev–Trinajstić information content (AvgIpc) is 3.29. The molecule has 2 unspecified atom stereocenters. The summed E-state index contributed by atoms with van der Waals surface area (Å²) >= 11 is 0. The zero-order valence-electron chi connectivity index (χ0n) is 30.1. The second-order valence-electron chi connectivity index (χ2n) is 13.6. The molecule has 8 aromatic rings. The lowest BCUT2D eigenvalue weighted by atomic mass is 9.91. The highest BCUT2D eigenvalue weighted by Gasteiger charge is 2.33. The summed E-state index contributed by atoms with van der Waals surface area (Å²) in [5.74, 6) is 3.25. The molecule has 0 saturated carbocycles. The van der Waals surface area contributed by atoms with Crippen LogP contribution in [0.3, 0.4) is 0 Å². The van der Waals surface area contributed by atoms with E-state index in [0.717, 1.165) is 61.2 Å². The molecule has 1 aliphatic carbocycles. The highest BCUT2D eigenvalue weighted by molar-refractivity contribution is 5.88. The Kier molecular flexibility index (Phi) is 8.50. The molecule has 56 heavy (non-hydrogen) atoms. The van der Waals surface area contributed by atoms with Gasteiger partial charge in [0.15, 0.2) is 41.2 Å². The number of allylic oxidation sites excluding steroid dienone is 2. The van der Waals surface area contributed by atoms with E-state index < -0.39 is 0 Å². The number of pyridine rings is 2. The molecule has 0 bridgehead atoms. The van der Waals surface area contributed by atoms with Gasteiger partial charge in [-0.2, -0.15) is 0 Å². The van der Waals surface area contributed by atoms with Crippen molar-refractivity contribution in [2.75, 3.05) is 0 Å². The Morgan fingerprint density at radius 3 is 1.20 bits per heavy atom. The van der Waals surface area contributed by atoms with Gasteiger partial charge in [-0.3, -0.25) is 9.97 Å². The summed E-state index contributed by atoms with van der Waals surface area (Å²) in [7, 11) is 0. The van der Waals surface area contributed by atoms with Gasteiger partial charge in [0.05, 0.1) is 0 Å². The van der Waals surface area contributed by atoms with Crippen molar-refractivity contribution in [3.63, 3.8) is 0 Å². The molecule has 4 heterocycles. The van der Waals surface area contributed by atoms with Crippen LogP contribution in [-0.4, -0.2) is 37.1 Å². The minimum absolute atomic E-state index is 0.255. The minimum Gasteiger partial charge on any atom is -0.478 e. The predicted octanol–water partition coefficient (Wildman–Crippen LogP) is 11.0. The van der Waals surface area contributed by atoms with E-state index >= 15 is 0 Å². The lowest BCUT2D eigenvalue weighted by Crippen LogP contribution is -2.38. The summed E-state index contributed by atoms with van der Waals surface area (Å²) in [5, 5.41) is 0. The predicted molar refractivity (Wildman–Crippen MR) is 221 cm³/mol. The lowest BCUT2D eigenvalue weighted by Gasteiger charge is -2.34. The smallest absolute Gasteiger partial charge is 0.170 e. The number of hydrogen-bond donors (Lipinski definition) is 0. The molecule has 5 aromatic carbocycles. The second kappa shape index (κ2) is 14.4. The van der Waals surface area contributed by atoms with E-state index in [9.17, 15) is 0 Å². The zero-order valence-corrected chi connectivity index (χ0v) is 30.1. The Morgan fingerprint density at radius 1 is 0.339 bits per heavy atom. The van der Waals surface area contributed by atoms with Gasteiger partial charge in [-0.15, -0.1) is 0 Å². The summed E-state index contributed by atoms with van der Waals surface area (Å²) in [4.78, 5) is 23.2. The maximum absolute atomic E-state index is 6.87. The van der Waals surface area contributed by atoms with E-state index in [1.807, 2.05) is 128 Å². The third-order valence-electron chi connectivity index (χ3n) is 10.1. The SMILES string of the molecule is C1=CC2Oc3c(-c4ccc(-c5nc(-c6ccccc6)nc(-c6ccccc6)n5)cc4)ccc(-c4cc(-c5ccncc5)cc(-c5ccncc5)c4)c3OC2C=C1. The summed E-state index contributed by atoms with van der Waals surface area (Å²) < 4.78 is 13.7. The number of fused-ring (bicyclic) bond motifs is 2. The van der Waals surface area contributed by atoms with Crippen molar-refractivity contribution in [2.45, 2.75) is 12.2 Å². The number of hydrogen-bond acceptors (Lipinski definition) is 7. The van der Waals surface area contributed by atoms with Gasteiger partial charge >= 0.3 is 0 Å². The zero-order chi connectivity index (χ0) is 37.3. The topological polar surface area (TPSA) is 82.9 Å². The number of rotatable bonds is 7. The van der Waals surface area contributed by atoms with Crippen molar-refractivity contribution in [1.82, 2.24) is 24.9 Å². The molecule has 2 atom stereocenters. The standard InChI is InChI=1S/C49H33N5O2/c1-3-9-35(10-4-1)47-52-48(36-11-5-2-6-12-36)54-49(53-47)37-17-15-34(16-18-37)41-19-20-42(46-45(41)55-43-13-7-8-14-44(43)56-46)40-30-38(32-21-25-50-26-22-32)29-39(31-40)33-23-27-51-28-24-33/h1-31,43-44H. The van der Waals surface area contributed by atoms with Crippen LogP contribution in [0, 0.1) is 0 Å². The normalized spacial score (nSPS) is 15.3. The number of aromatic nitrogens is 5. The molecule has 0 spiro atoms. The van der Waals surface area contributed by atoms with Crippen molar-refractivity contribution >= 4 is 0 Å². The Hall–Kier alpha value is -7.51. The summed E-state index contributed by atoms with van der Waals surface area (Å²) in [6.07, 6.45) is 14.9. The fourth-order valence-corrected chi connectivity index (χ4v) is 7.24. The Bertz CT molecular complexity index is 2620. The van der Waals surface area contributed by atoms with Crippen LogP contribution < -0.4 is 9.47 Å². The van der Waals surface area contributed by atoms with E-state index in [2.05, 4.69) is 70.6 Å². The van der Waals surface area contributed by atoms with Crippen molar-refractivity contribution in [2.24, 2.45) is 0 Å². The largest absolute Gasteiger partial charge is 0.478 e. The van der Waals surface area contributed by atoms with Crippen LogP contribution in [0.25, 0.3) is 78.7 Å². The van der Waals surface area contributed by atoms with Crippen LogP contribution in [0.1, 0.15) is 0 Å². The van der Waals surface area contributed by atoms with Gasteiger partial charge in [0.25, 0.3) is 0 Å². The van der Waals surface area contributed by atoms with Crippen molar-refractivity contribution in [1.29, 1.82) is 0 Å². The Morgan fingerprint density at radius 2 is 0.732 bits per heavy atom. The molecular weight excluding hydrogens is 691 g/mol. The highest BCUT2D eigenvalue weighted by Crippen LogP contribution is 2.50. The van der Waals surface area contributed by atoms with Gasteiger partial charge in [-0.25, -0.2) is 15.0 Å². The molecule has 3 aromatic heterocycles. The van der Waals surface area contributed by atoms with E-state index in [1.54, 1.807) is 0 Å². The first-order chi connectivity index (χ1) is 27.7. The molecule has 0 amide bonds.